The first-order chi connectivity index (χ1) is 8.11. The van der Waals surface area contributed by atoms with Gasteiger partial charge < -0.3 is 0 Å². The lowest BCUT2D eigenvalue weighted by Gasteiger charge is -2.31. The van der Waals surface area contributed by atoms with Crippen LogP contribution < -0.4 is 0 Å². The summed E-state index contributed by atoms with van der Waals surface area (Å²) in [6, 6.07) is 7.02. The lowest BCUT2D eigenvalue weighted by Crippen LogP contribution is -2.41. The summed E-state index contributed by atoms with van der Waals surface area (Å²) in [4.78, 5) is 24.9. The fourth-order valence-electron chi connectivity index (χ4n) is 2.16. The Morgan fingerprint density at radius 3 is 2.35 bits per heavy atom. The molecule has 1 saturated heterocycles. The highest BCUT2D eigenvalue weighted by Crippen LogP contribution is 2.30. The van der Waals surface area contributed by atoms with E-state index in [1.807, 2.05) is 25.1 Å². The van der Waals surface area contributed by atoms with Crippen LogP contribution in [0, 0.1) is 0 Å². The van der Waals surface area contributed by atoms with Gasteiger partial charge in [-0.2, -0.15) is 0 Å². The molecule has 1 aliphatic heterocycles. The fraction of sp³-hybridized carbons (Fsp3) is 0.385. The molecule has 1 aromatic carbocycles. The molecule has 1 aromatic rings. The van der Waals surface area contributed by atoms with Crippen LogP contribution in [0.15, 0.2) is 24.3 Å². The predicted octanol–water partition coefficient (Wildman–Crippen LogP) is 2.94. The van der Waals surface area contributed by atoms with E-state index in [2.05, 4.69) is 0 Å². The zero-order valence-electron chi connectivity index (χ0n) is 9.65. The minimum absolute atomic E-state index is 0.103. The van der Waals surface area contributed by atoms with Gasteiger partial charge in [0.25, 0.3) is 0 Å². The summed E-state index contributed by atoms with van der Waals surface area (Å²) in [6.45, 7) is 1.84. The molecule has 0 radical (unpaired) electrons. The largest absolute Gasteiger partial charge is 0.275 e. The normalized spacial score (nSPS) is 18.4. The molecule has 0 aromatic heterocycles. The number of amides is 2. The molecule has 1 heterocycles. The molecule has 0 aliphatic carbocycles. The smallest absolute Gasteiger partial charge is 0.229 e. The van der Waals surface area contributed by atoms with E-state index >= 15 is 0 Å². The average Bonchev–Trinajstić information content (AvgIpc) is 2.29. The minimum atomic E-state index is -0.288. The van der Waals surface area contributed by atoms with Gasteiger partial charge in [0.05, 0.1) is 6.04 Å². The van der Waals surface area contributed by atoms with E-state index in [1.165, 1.54) is 4.90 Å². The summed E-state index contributed by atoms with van der Waals surface area (Å²) in [6.07, 6.45) is 1.55. The summed E-state index contributed by atoms with van der Waals surface area (Å²) in [5.41, 5.74) is 0.817. The number of halogens is 1. The molecule has 17 heavy (non-hydrogen) atoms. The highest BCUT2D eigenvalue weighted by atomic mass is 35.5. The van der Waals surface area contributed by atoms with E-state index in [0.29, 0.717) is 24.3 Å². The Labute approximate surface area is 105 Å². The molecule has 0 bridgehead atoms. The second kappa shape index (κ2) is 4.88. The molecule has 4 heteroatoms. The number of rotatable bonds is 2. The van der Waals surface area contributed by atoms with Crippen molar-refractivity contribution in [1.82, 2.24) is 4.90 Å². The SMILES string of the molecule is C[C@@H](c1ccccc1Cl)N1C(=O)CCCC1=O. The Morgan fingerprint density at radius 2 is 1.76 bits per heavy atom. The molecule has 0 saturated carbocycles. The first-order valence-electron chi connectivity index (χ1n) is 5.70. The van der Waals surface area contributed by atoms with Crippen LogP contribution in [-0.4, -0.2) is 16.7 Å². The summed E-state index contributed by atoms with van der Waals surface area (Å²) < 4.78 is 0. The van der Waals surface area contributed by atoms with Crippen LogP contribution in [0.5, 0.6) is 0 Å². The van der Waals surface area contributed by atoms with Gasteiger partial charge in [0.1, 0.15) is 0 Å². The Hall–Kier alpha value is -1.35. The van der Waals surface area contributed by atoms with Gasteiger partial charge in [0.2, 0.25) is 11.8 Å². The Balaban J connectivity index is 2.30. The number of hydrogen-bond donors (Lipinski definition) is 0. The molecular weight excluding hydrogens is 238 g/mol. The van der Waals surface area contributed by atoms with Crippen LogP contribution in [0.4, 0.5) is 0 Å². The van der Waals surface area contributed by atoms with Gasteiger partial charge in [-0.15, -0.1) is 0 Å². The second-order valence-electron chi connectivity index (χ2n) is 4.21. The van der Waals surface area contributed by atoms with Crippen LogP contribution in [-0.2, 0) is 9.59 Å². The summed E-state index contributed by atoms with van der Waals surface area (Å²) in [5.74, 6) is -0.206. The predicted molar refractivity (Wildman–Crippen MR) is 65.6 cm³/mol. The van der Waals surface area contributed by atoms with Crippen molar-refractivity contribution in [3.8, 4) is 0 Å². The van der Waals surface area contributed by atoms with Gasteiger partial charge in [-0.1, -0.05) is 29.8 Å². The number of hydrogen-bond acceptors (Lipinski definition) is 2. The molecule has 3 nitrogen and oxygen atoms in total. The maximum Gasteiger partial charge on any atom is 0.229 e. The number of piperidine rings is 1. The quantitative estimate of drug-likeness (QED) is 0.758. The van der Waals surface area contributed by atoms with Gasteiger partial charge >= 0.3 is 0 Å². The minimum Gasteiger partial charge on any atom is -0.275 e. The number of carbonyl (C=O) groups is 2. The number of benzene rings is 1. The topological polar surface area (TPSA) is 37.4 Å². The maximum absolute atomic E-state index is 11.8. The van der Waals surface area contributed by atoms with E-state index in [0.717, 1.165) is 5.56 Å². The molecule has 2 amide bonds. The Morgan fingerprint density at radius 1 is 1.18 bits per heavy atom. The van der Waals surface area contributed by atoms with Crippen molar-refractivity contribution in [2.75, 3.05) is 0 Å². The van der Waals surface area contributed by atoms with Crippen molar-refractivity contribution in [2.45, 2.75) is 32.2 Å². The highest BCUT2D eigenvalue weighted by Gasteiger charge is 2.31. The number of carbonyl (C=O) groups excluding carboxylic acids is 2. The van der Waals surface area contributed by atoms with E-state index in [9.17, 15) is 9.59 Å². The zero-order chi connectivity index (χ0) is 12.4. The van der Waals surface area contributed by atoms with Gasteiger partial charge in [0, 0.05) is 17.9 Å². The second-order valence-corrected chi connectivity index (χ2v) is 4.62. The standard InChI is InChI=1S/C13H14ClNO2/c1-9(10-5-2-3-6-11(10)14)15-12(16)7-4-8-13(15)17/h2-3,5-6,9H,4,7-8H2,1H3/t9-/m0/s1. The van der Waals surface area contributed by atoms with Crippen molar-refractivity contribution in [3.63, 3.8) is 0 Å². The lowest BCUT2D eigenvalue weighted by atomic mass is 10.0. The van der Waals surface area contributed by atoms with Gasteiger partial charge in [0.15, 0.2) is 0 Å². The molecule has 2 rings (SSSR count). The van der Waals surface area contributed by atoms with Crippen LogP contribution >= 0.6 is 11.6 Å². The highest BCUT2D eigenvalue weighted by molar-refractivity contribution is 6.31. The maximum atomic E-state index is 11.8. The summed E-state index contributed by atoms with van der Waals surface area (Å²) in [5, 5.41) is 0.589. The monoisotopic (exact) mass is 251 g/mol. The first kappa shape index (κ1) is 12.1. The summed E-state index contributed by atoms with van der Waals surface area (Å²) in [7, 11) is 0. The third-order valence-corrected chi connectivity index (χ3v) is 3.41. The Bertz CT molecular complexity index is 442. The first-order valence-corrected chi connectivity index (χ1v) is 6.08. The van der Waals surface area contributed by atoms with Crippen molar-refractivity contribution in [3.05, 3.63) is 34.9 Å². The molecule has 1 fully saturated rings. The van der Waals surface area contributed by atoms with Crippen molar-refractivity contribution in [1.29, 1.82) is 0 Å². The van der Waals surface area contributed by atoms with Crippen LogP contribution in [0.25, 0.3) is 0 Å². The molecular formula is C13H14ClNO2. The summed E-state index contributed by atoms with van der Waals surface area (Å²) >= 11 is 6.08. The van der Waals surface area contributed by atoms with Gasteiger partial charge in [-0.3, -0.25) is 14.5 Å². The van der Waals surface area contributed by atoms with Crippen molar-refractivity contribution >= 4 is 23.4 Å². The molecule has 90 valence electrons. The van der Waals surface area contributed by atoms with E-state index in [1.54, 1.807) is 6.07 Å². The molecule has 1 atom stereocenters. The van der Waals surface area contributed by atoms with E-state index in [4.69, 9.17) is 11.6 Å². The average molecular weight is 252 g/mol. The molecule has 0 spiro atoms. The molecule has 1 aliphatic rings. The van der Waals surface area contributed by atoms with Gasteiger partial charge in [-0.05, 0) is 25.0 Å². The van der Waals surface area contributed by atoms with Crippen molar-refractivity contribution in [2.24, 2.45) is 0 Å². The van der Waals surface area contributed by atoms with Crippen LogP contribution in [0.3, 0.4) is 0 Å². The lowest BCUT2D eigenvalue weighted by molar-refractivity contribution is -0.150. The fourth-order valence-corrected chi connectivity index (χ4v) is 2.45. The number of likely N-dealkylation sites (tertiary alicyclic amines) is 1. The van der Waals surface area contributed by atoms with E-state index < -0.39 is 0 Å². The number of nitrogens with zero attached hydrogens (tertiary/aromatic N) is 1. The van der Waals surface area contributed by atoms with Crippen LogP contribution in [0.2, 0.25) is 5.02 Å². The van der Waals surface area contributed by atoms with Crippen molar-refractivity contribution < 1.29 is 9.59 Å². The van der Waals surface area contributed by atoms with Gasteiger partial charge in [-0.25, -0.2) is 0 Å². The van der Waals surface area contributed by atoms with E-state index in [-0.39, 0.29) is 17.9 Å². The third-order valence-electron chi connectivity index (χ3n) is 3.06. The third kappa shape index (κ3) is 2.34. The number of imide groups is 1. The molecule has 0 unspecified atom stereocenters. The molecule has 0 N–H and O–H groups in total. The zero-order valence-corrected chi connectivity index (χ0v) is 10.4. The Kier molecular flexibility index (Phi) is 3.48. The van der Waals surface area contributed by atoms with Crippen LogP contribution in [0.1, 0.15) is 37.8 Å².